The number of nitrogens with two attached hydrogens (primary N) is 1. The molecule has 0 aromatic heterocycles. The summed E-state index contributed by atoms with van der Waals surface area (Å²) in [4.78, 5) is 15.0. The molecule has 0 bridgehead atoms. The number of amides is 1. The Hall–Kier alpha value is -1.35. The molecule has 1 aromatic carbocycles. The van der Waals surface area contributed by atoms with E-state index in [1.165, 1.54) is 11.1 Å². The van der Waals surface area contributed by atoms with E-state index in [0.717, 1.165) is 44.3 Å². The second kappa shape index (κ2) is 6.82. The summed E-state index contributed by atoms with van der Waals surface area (Å²) < 4.78 is 0. The second-order valence-electron chi connectivity index (χ2n) is 6.86. The standard InChI is InChI=1S/C19H30N2O/c1-5-8-21-9-7-16(6-2)13-19(21,18(20)22)17-11-14(3)10-15(4)12-17/h10-12,16H,5-9,13H2,1-4H3,(H2,20,22). The van der Waals surface area contributed by atoms with Gasteiger partial charge in [0, 0.05) is 0 Å². The van der Waals surface area contributed by atoms with Crippen LogP contribution in [0.3, 0.4) is 0 Å². The zero-order chi connectivity index (χ0) is 16.3. The topological polar surface area (TPSA) is 46.3 Å². The van der Waals surface area contributed by atoms with Gasteiger partial charge in [-0.25, -0.2) is 0 Å². The molecule has 1 amide bonds. The van der Waals surface area contributed by atoms with Crippen molar-refractivity contribution >= 4 is 5.91 Å². The quantitative estimate of drug-likeness (QED) is 0.904. The molecular weight excluding hydrogens is 272 g/mol. The normalized spacial score (nSPS) is 26.1. The van der Waals surface area contributed by atoms with E-state index < -0.39 is 5.54 Å². The summed E-state index contributed by atoms with van der Waals surface area (Å²) in [6.45, 7) is 10.5. The van der Waals surface area contributed by atoms with Crippen LogP contribution in [0.2, 0.25) is 0 Å². The molecule has 0 saturated carbocycles. The molecule has 0 radical (unpaired) electrons. The maximum atomic E-state index is 12.6. The number of carbonyl (C=O) groups excluding carboxylic acids is 1. The van der Waals surface area contributed by atoms with Crippen LogP contribution in [-0.2, 0) is 10.3 Å². The zero-order valence-corrected chi connectivity index (χ0v) is 14.5. The lowest BCUT2D eigenvalue weighted by atomic mass is 9.73. The van der Waals surface area contributed by atoms with Crippen molar-refractivity contribution in [2.45, 2.75) is 58.9 Å². The Balaban J connectivity index is 2.56. The number of carbonyl (C=O) groups is 1. The van der Waals surface area contributed by atoms with Crippen LogP contribution < -0.4 is 5.73 Å². The lowest BCUT2D eigenvalue weighted by molar-refractivity contribution is -0.135. The van der Waals surface area contributed by atoms with Crippen LogP contribution in [0.1, 0.15) is 56.2 Å². The van der Waals surface area contributed by atoms with Gasteiger partial charge in [-0.05, 0) is 57.7 Å². The maximum Gasteiger partial charge on any atom is 0.242 e. The molecule has 2 unspecified atom stereocenters. The first-order chi connectivity index (χ1) is 10.4. The third kappa shape index (κ3) is 3.05. The van der Waals surface area contributed by atoms with Gasteiger partial charge in [0.2, 0.25) is 5.91 Å². The Labute approximate surface area is 134 Å². The molecule has 1 saturated heterocycles. The minimum absolute atomic E-state index is 0.191. The fraction of sp³-hybridized carbons (Fsp3) is 0.632. The molecule has 0 spiro atoms. The predicted molar refractivity (Wildman–Crippen MR) is 91.7 cm³/mol. The van der Waals surface area contributed by atoms with Gasteiger partial charge in [-0.15, -0.1) is 0 Å². The van der Waals surface area contributed by atoms with Gasteiger partial charge in [0.25, 0.3) is 0 Å². The highest BCUT2D eigenvalue weighted by molar-refractivity contribution is 5.86. The van der Waals surface area contributed by atoms with Gasteiger partial charge in [0.05, 0.1) is 0 Å². The van der Waals surface area contributed by atoms with E-state index in [1.54, 1.807) is 0 Å². The van der Waals surface area contributed by atoms with Crippen molar-refractivity contribution in [3.05, 3.63) is 34.9 Å². The van der Waals surface area contributed by atoms with Crippen LogP contribution in [0.25, 0.3) is 0 Å². The number of primary amides is 1. The number of hydrogen-bond acceptors (Lipinski definition) is 2. The first kappa shape index (κ1) is 17.0. The number of rotatable bonds is 5. The highest BCUT2D eigenvalue weighted by atomic mass is 16.1. The highest BCUT2D eigenvalue weighted by Crippen LogP contribution is 2.41. The molecular formula is C19H30N2O. The van der Waals surface area contributed by atoms with Crippen LogP contribution in [0.15, 0.2) is 18.2 Å². The molecule has 3 nitrogen and oxygen atoms in total. The number of aryl methyl sites for hydroxylation is 2. The van der Waals surface area contributed by atoms with E-state index in [9.17, 15) is 4.79 Å². The molecule has 22 heavy (non-hydrogen) atoms. The van der Waals surface area contributed by atoms with E-state index in [0.29, 0.717) is 5.92 Å². The fourth-order valence-corrected chi connectivity index (χ4v) is 4.01. The number of likely N-dealkylation sites (tertiary alicyclic amines) is 1. The van der Waals surface area contributed by atoms with Gasteiger partial charge in [-0.3, -0.25) is 9.69 Å². The van der Waals surface area contributed by atoms with Gasteiger partial charge in [0.15, 0.2) is 0 Å². The highest BCUT2D eigenvalue weighted by Gasteiger charge is 2.47. The summed E-state index contributed by atoms with van der Waals surface area (Å²) in [7, 11) is 0. The first-order valence-electron chi connectivity index (χ1n) is 8.57. The fourth-order valence-electron chi connectivity index (χ4n) is 4.01. The molecule has 1 aliphatic rings. The van der Waals surface area contributed by atoms with Gasteiger partial charge >= 0.3 is 0 Å². The molecule has 3 heteroatoms. The summed E-state index contributed by atoms with van der Waals surface area (Å²) in [6, 6.07) is 6.46. The van der Waals surface area contributed by atoms with Crippen molar-refractivity contribution in [1.29, 1.82) is 0 Å². The van der Waals surface area contributed by atoms with Crippen molar-refractivity contribution in [3.8, 4) is 0 Å². The molecule has 1 aliphatic heterocycles. The lowest BCUT2D eigenvalue weighted by Gasteiger charge is -2.48. The average Bonchev–Trinajstić information content (AvgIpc) is 2.46. The van der Waals surface area contributed by atoms with Crippen LogP contribution >= 0.6 is 0 Å². The summed E-state index contributed by atoms with van der Waals surface area (Å²) in [5.74, 6) is 0.380. The molecule has 2 N–H and O–H groups in total. The summed E-state index contributed by atoms with van der Waals surface area (Å²) in [6.07, 6.45) is 4.16. The van der Waals surface area contributed by atoms with Crippen molar-refractivity contribution in [2.24, 2.45) is 11.7 Å². The van der Waals surface area contributed by atoms with Gasteiger partial charge < -0.3 is 5.73 Å². The first-order valence-corrected chi connectivity index (χ1v) is 8.57. The van der Waals surface area contributed by atoms with Crippen molar-refractivity contribution in [3.63, 3.8) is 0 Å². The third-order valence-electron chi connectivity index (χ3n) is 5.11. The smallest absolute Gasteiger partial charge is 0.242 e. The van der Waals surface area contributed by atoms with Crippen LogP contribution in [0, 0.1) is 19.8 Å². The number of piperidine rings is 1. The molecule has 1 heterocycles. The van der Waals surface area contributed by atoms with E-state index in [1.807, 2.05) is 0 Å². The van der Waals surface area contributed by atoms with Crippen molar-refractivity contribution in [2.75, 3.05) is 13.1 Å². The average molecular weight is 302 g/mol. The zero-order valence-electron chi connectivity index (χ0n) is 14.5. The molecule has 1 aromatic rings. The lowest BCUT2D eigenvalue weighted by Crippen LogP contribution is -2.59. The van der Waals surface area contributed by atoms with E-state index in [4.69, 9.17) is 5.73 Å². The molecule has 0 aliphatic carbocycles. The molecule has 2 rings (SSSR count). The summed E-state index contributed by atoms with van der Waals surface area (Å²) in [5.41, 5.74) is 8.84. The Morgan fingerprint density at radius 2 is 1.91 bits per heavy atom. The minimum atomic E-state index is -0.633. The SMILES string of the molecule is CCCN1CCC(CC)CC1(C(N)=O)c1cc(C)cc(C)c1. The number of hydrogen-bond donors (Lipinski definition) is 1. The molecule has 2 atom stereocenters. The van der Waals surface area contributed by atoms with Crippen LogP contribution in [0.4, 0.5) is 0 Å². The van der Waals surface area contributed by atoms with Crippen LogP contribution in [-0.4, -0.2) is 23.9 Å². The largest absolute Gasteiger partial charge is 0.368 e. The van der Waals surface area contributed by atoms with Gasteiger partial charge in [0.1, 0.15) is 5.54 Å². The third-order valence-corrected chi connectivity index (χ3v) is 5.11. The Morgan fingerprint density at radius 1 is 1.27 bits per heavy atom. The molecule has 1 fully saturated rings. The monoisotopic (exact) mass is 302 g/mol. The maximum absolute atomic E-state index is 12.6. The van der Waals surface area contributed by atoms with E-state index in [-0.39, 0.29) is 5.91 Å². The van der Waals surface area contributed by atoms with Gasteiger partial charge in [-0.1, -0.05) is 49.6 Å². The second-order valence-corrected chi connectivity index (χ2v) is 6.86. The minimum Gasteiger partial charge on any atom is -0.368 e. The molecule has 122 valence electrons. The van der Waals surface area contributed by atoms with Crippen molar-refractivity contribution < 1.29 is 4.79 Å². The summed E-state index contributed by atoms with van der Waals surface area (Å²) in [5, 5.41) is 0. The Kier molecular flexibility index (Phi) is 5.28. The summed E-state index contributed by atoms with van der Waals surface area (Å²) >= 11 is 0. The predicted octanol–water partition coefficient (Wildman–Crippen LogP) is 3.52. The van der Waals surface area contributed by atoms with Gasteiger partial charge in [-0.2, -0.15) is 0 Å². The van der Waals surface area contributed by atoms with E-state index in [2.05, 4.69) is 50.8 Å². The number of nitrogens with zero attached hydrogens (tertiary/aromatic N) is 1. The Morgan fingerprint density at radius 3 is 2.41 bits per heavy atom. The van der Waals surface area contributed by atoms with Crippen LogP contribution in [0.5, 0.6) is 0 Å². The van der Waals surface area contributed by atoms with Crippen molar-refractivity contribution in [1.82, 2.24) is 4.90 Å². The Bertz CT molecular complexity index is 520. The number of benzene rings is 1. The van der Waals surface area contributed by atoms with E-state index >= 15 is 0 Å².